The number of benzene rings is 1. The van der Waals surface area contributed by atoms with Gasteiger partial charge in [-0.15, -0.1) is 0 Å². The Labute approximate surface area is 195 Å². The van der Waals surface area contributed by atoms with Gasteiger partial charge in [0.05, 0.1) is 6.54 Å². The SMILES string of the molecule is CCC=C(CNCCC)NCC(=O)NC(CC)C(=O)NCCCc1ccccc1CCC. The number of hydrogen-bond acceptors (Lipinski definition) is 4. The fourth-order valence-electron chi connectivity index (χ4n) is 3.57. The summed E-state index contributed by atoms with van der Waals surface area (Å²) < 4.78 is 0. The fraction of sp³-hybridized carbons (Fsp3) is 0.615. The molecule has 0 bridgehead atoms. The molecular formula is C26H44N4O2. The number of nitrogens with one attached hydrogen (secondary N) is 4. The Morgan fingerprint density at radius 2 is 1.62 bits per heavy atom. The lowest BCUT2D eigenvalue weighted by atomic mass is 9.99. The third-order valence-corrected chi connectivity index (χ3v) is 5.29. The molecule has 180 valence electrons. The summed E-state index contributed by atoms with van der Waals surface area (Å²) in [5.74, 6) is -0.283. The number of carbonyl (C=O) groups is 2. The molecule has 0 aromatic heterocycles. The molecule has 1 atom stereocenters. The zero-order valence-corrected chi connectivity index (χ0v) is 20.6. The van der Waals surface area contributed by atoms with Crippen LogP contribution in [0.25, 0.3) is 0 Å². The molecule has 32 heavy (non-hydrogen) atoms. The van der Waals surface area contributed by atoms with Gasteiger partial charge in [0.25, 0.3) is 0 Å². The Bertz CT molecular complexity index is 703. The van der Waals surface area contributed by atoms with Crippen LogP contribution < -0.4 is 21.3 Å². The van der Waals surface area contributed by atoms with E-state index in [2.05, 4.69) is 72.4 Å². The maximum atomic E-state index is 12.5. The predicted octanol–water partition coefficient (Wildman–Crippen LogP) is 3.47. The molecule has 0 saturated carbocycles. The van der Waals surface area contributed by atoms with E-state index in [1.54, 1.807) is 0 Å². The van der Waals surface area contributed by atoms with Crippen LogP contribution in [-0.2, 0) is 22.4 Å². The molecule has 0 spiro atoms. The van der Waals surface area contributed by atoms with E-state index >= 15 is 0 Å². The highest BCUT2D eigenvalue weighted by molar-refractivity contribution is 5.88. The normalized spacial score (nSPS) is 12.3. The van der Waals surface area contributed by atoms with Gasteiger partial charge in [0.2, 0.25) is 11.8 Å². The molecule has 4 N–H and O–H groups in total. The summed E-state index contributed by atoms with van der Waals surface area (Å²) in [6.45, 7) is 10.7. The minimum Gasteiger partial charge on any atom is -0.379 e. The van der Waals surface area contributed by atoms with Crippen molar-refractivity contribution in [3.63, 3.8) is 0 Å². The first kappa shape index (κ1) is 27.7. The van der Waals surface area contributed by atoms with Crippen molar-refractivity contribution in [2.75, 3.05) is 26.2 Å². The van der Waals surface area contributed by atoms with E-state index in [4.69, 9.17) is 0 Å². The average Bonchev–Trinajstić information content (AvgIpc) is 2.79. The van der Waals surface area contributed by atoms with Gasteiger partial charge in [0.1, 0.15) is 6.04 Å². The summed E-state index contributed by atoms with van der Waals surface area (Å²) >= 11 is 0. The van der Waals surface area contributed by atoms with Crippen molar-refractivity contribution in [3.05, 3.63) is 47.2 Å². The van der Waals surface area contributed by atoms with Crippen LogP contribution >= 0.6 is 0 Å². The maximum absolute atomic E-state index is 12.5. The first-order valence-electron chi connectivity index (χ1n) is 12.3. The minimum absolute atomic E-state index is 0.114. The first-order chi connectivity index (χ1) is 15.5. The molecule has 0 aliphatic carbocycles. The number of allylic oxidation sites excluding steroid dienone is 1. The lowest BCUT2D eigenvalue weighted by Crippen LogP contribution is -2.49. The van der Waals surface area contributed by atoms with Crippen LogP contribution in [0.4, 0.5) is 0 Å². The number of hydrogen-bond donors (Lipinski definition) is 4. The second-order valence-corrected chi connectivity index (χ2v) is 8.11. The second kappa shape index (κ2) is 17.2. The van der Waals surface area contributed by atoms with Crippen molar-refractivity contribution in [1.82, 2.24) is 21.3 Å². The summed E-state index contributed by atoms with van der Waals surface area (Å²) in [4.78, 5) is 24.9. The van der Waals surface area contributed by atoms with Gasteiger partial charge >= 0.3 is 0 Å². The Morgan fingerprint density at radius 3 is 2.25 bits per heavy atom. The van der Waals surface area contributed by atoms with Gasteiger partial charge in [0.15, 0.2) is 0 Å². The number of carbonyl (C=O) groups excluding carboxylic acids is 2. The zero-order chi connectivity index (χ0) is 23.6. The van der Waals surface area contributed by atoms with Gasteiger partial charge in [-0.2, -0.15) is 0 Å². The topological polar surface area (TPSA) is 82.3 Å². The van der Waals surface area contributed by atoms with Crippen LogP contribution in [0.15, 0.2) is 36.0 Å². The lowest BCUT2D eigenvalue weighted by molar-refractivity contribution is -0.128. The highest BCUT2D eigenvalue weighted by atomic mass is 16.2. The zero-order valence-electron chi connectivity index (χ0n) is 20.6. The highest BCUT2D eigenvalue weighted by Gasteiger charge is 2.18. The quantitative estimate of drug-likeness (QED) is 0.277. The van der Waals surface area contributed by atoms with Crippen molar-refractivity contribution in [1.29, 1.82) is 0 Å². The van der Waals surface area contributed by atoms with E-state index < -0.39 is 6.04 Å². The monoisotopic (exact) mass is 444 g/mol. The number of aryl methyl sites for hydroxylation is 2. The van der Waals surface area contributed by atoms with Crippen LogP contribution in [0.2, 0.25) is 0 Å². The van der Waals surface area contributed by atoms with Gasteiger partial charge in [-0.05, 0) is 56.2 Å². The Hall–Kier alpha value is -2.34. The van der Waals surface area contributed by atoms with E-state index in [0.29, 0.717) is 19.5 Å². The largest absolute Gasteiger partial charge is 0.379 e. The third kappa shape index (κ3) is 11.3. The van der Waals surface area contributed by atoms with Crippen LogP contribution in [0.5, 0.6) is 0 Å². The highest BCUT2D eigenvalue weighted by Crippen LogP contribution is 2.13. The Balaban J connectivity index is 2.40. The van der Waals surface area contributed by atoms with Crippen LogP contribution in [0, 0.1) is 0 Å². The molecular weight excluding hydrogens is 400 g/mol. The number of amides is 2. The first-order valence-corrected chi connectivity index (χ1v) is 12.3. The predicted molar refractivity (Wildman–Crippen MR) is 134 cm³/mol. The van der Waals surface area contributed by atoms with Gasteiger partial charge in [0, 0.05) is 18.8 Å². The summed E-state index contributed by atoms with van der Waals surface area (Å²) in [5.41, 5.74) is 3.77. The molecule has 0 aliphatic rings. The van der Waals surface area contributed by atoms with Crippen molar-refractivity contribution >= 4 is 11.8 Å². The molecule has 6 heteroatoms. The van der Waals surface area contributed by atoms with Gasteiger partial charge in [-0.25, -0.2) is 0 Å². The summed E-state index contributed by atoms with van der Waals surface area (Å²) in [6.07, 6.45) is 8.66. The standard InChI is InChI=1S/C26H44N4O2/c1-5-12-21-14-9-10-15-22(21)16-11-18-28-26(32)24(8-4)30-25(31)20-29-23(13-6-2)19-27-17-7-3/h9-10,13-15,24,27,29H,5-8,11-12,16-20H2,1-4H3,(H,28,32)(H,30,31). The fourth-order valence-corrected chi connectivity index (χ4v) is 3.57. The average molecular weight is 445 g/mol. The van der Waals surface area contributed by atoms with Crippen LogP contribution in [-0.4, -0.2) is 44.0 Å². The molecule has 6 nitrogen and oxygen atoms in total. The molecule has 0 heterocycles. The van der Waals surface area contributed by atoms with Crippen LogP contribution in [0.1, 0.15) is 70.9 Å². The molecule has 0 fully saturated rings. The maximum Gasteiger partial charge on any atom is 0.242 e. The van der Waals surface area contributed by atoms with E-state index in [9.17, 15) is 9.59 Å². The van der Waals surface area contributed by atoms with Crippen molar-refractivity contribution < 1.29 is 9.59 Å². The lowest BCUT2D eigenvalue weighted by Gasteiger charge is -2.18. The van der Waals surface area contributed by atoms with Crippen molar-refractivity contribution in [2.24, 2.45) is 0 Å². The third-order valence-electron chi connectivity index (χ3n) is 5.29. The van der Waals surface area contributed by atoms with E-state index in [1.807, 2.05) is 6.92 Å². The van der Waals surface area contributed by atoms with Crippen LogP contribution in [0.3, 0.4) is 0 Å². The minimum atomic E-state index is -0.506. The number of rotatable bonds is 17. The Morgan fingerprint density at radius 1 is 0.906 bits per heavy atom. The summed E-state index contributed by atoms with van der Waals surface area (Å²) in [6, 6.07) is 8.02. The smallest absolute Gasteiger partial charge is 0.242 e. The molecule has 1 aromatic rings. The molecule has 0 radical (unpaired) electrons. The van der Waals surface area contributed by atoms with E-state index in [1.165, 1.54) is 11.1 Å². The molecule has 1 unspecified atom stereocenters. The van der Waals surface area contributed by atoms with Crippen molar-refractivity contribution in [3.8, 4) is 0 Å². The summed E-state index contributed by atoms with van der Waals surface area (Å²) in [7, 11) is 0. The van der Waals surface area contributed by atoms with Gasteiger partial charge < -0.3 is 21.3 Å². The molecule has 1 rings (SSSR count). The molecule has 0 saturated heterocycles. The second-order valence-electron chi connectivity index (χ2n) is 8.11. The van der Waals surface area contributed by atoms with Gasteiger partial charge in [-0.3, -0.25) is 9.59 Å². The Kier molecular flexibility index (Phi) is 14.9. The van der Waals surface area contributed by atoms with E-state index in [-0.39, 0.29) is 18.4 Å². The van der Waals surface area contributed by atoms with Crippen molar-refractivity contribution in [2.45, 2.75) is 78.7 Å². The molecule has 0 aliphatic heterocycles. The molecule has 2 amide bonds. The van der Waals surface area contributed by atoms with Gasteiger partial charge in [-0.1, -0.05) is 64.5 Å². The molecule has 1 aromatic carbocycles. The van der Waals surface area contributed by atoms with E-state index in [0.717, 1.165) is 50.8 Å². The summed E-state index contributed by atoms with van der Waals surface area (Å²) in [5, 5.41) is 12.4.